The summed E-state index contributed by atoms with van der Waals surface area (Å²) in [5.74, 6) is 0.624. The number of ether oxygens (including phenoxy) is 1. The van der Waals surface area contributed by atoms with Crippen LogP contribution >= 0.6 is 15.9 Å². The third-order valence-corrected chi connectivity index (χ3v) is 2.81. The number of alkyl halides is 1. The molecule has 0 atom stereocenters. The topological polar surface area (TPSA) is 39.2 Å². The summed E-state index contributed by atoms with van der Waals surface area (Å²) in [5, 5.41) is 1.18. The molecule has 0 aliphatic carbocycles. The van der Waals surface area contributed by atoms with Crippen molar-refractivity contribution in [2.24, 2.45) is 0 Å². The van der Waals surface area contributed by atoms with Crippen molar-refractivity contribution in [3.05, 3.63) is 36.0 Å². The summed E-state index contributed by atoms with van der Waals surface area (Å²) >= 11 is 3.13. The number of pyridine rings is 1. The molecule has 3 nitrogen and oxygen atoms in total. The molecule has 4 heteroatoms. The van der Waals surface area contributed by atoms with Crippen LogP contribution in [0.1, 0.15) is 10.5 Å². The molecule has 82 valence electrons. The molecule has 1 heterocycles. The van der Waals surface area contributed by atoms with E-state index in [9.17, 15) is 4.79 Å². The summed E-state index contributed by atoms with van der Waals surface area (Å²) in [7, 11) is 1.59. The quantitative estimate of drug-likeness (QED) is 0.641. The standard InChI is InChI=1S/C12H10BrNO2/c1-16-12-6-10(11(15)7-13)14-9-5-3-2-4-8(9)12/h2-6H,7H2,1H3. The number of para-hydroxylation sites is 1. The van der Waals surface area contributed by atoms with Gasteiger partial charge in [0, 0.05) is 11.5 Å². The van der Waals surface area contributed by atoms with E-state index in [1.807, 2.05) is 24.3 Å². The van der Waals surface area contributed by atoms with E-state index in [0.29, 0.717) is 11.4 Å². The summed E-state index contributed by atoms with van der Waals surface area (Å²) in [6.45, 7) is 0. The largest absolute Gasteiger partial charge is 0.496 e. The fourth-order valence-electron chi connectivity index (χ4n) is 1.52. The molecule has 1 aromatic heterocycles. The second kappa shape index (κ2) is 4.61. The first-order valence-corrected chi connectivity index (χ1v) is 5.91. The lowest BCUT2D eigenvalue weighted by Gasteiger charge is -2.06. The molecule has 0 fully saturated rings. The Labute approximate surface area is 102 Å². The lowest BCUT2D eigenvalue weighted by Crippen LogP contribution is -2.04. The Bertz CT molecular complexity index is 540. The predicted octanol–water partition coefficient (Wildman–Crippen LogP) is 2.82. The zero-order valence-corrected chi connectivity index (χ0v) is 10.3. The van der Waals surface area contributed by atoms with Crippen LogP contribution < -0.4 is 4.74 Å². The van der Waals surface area contributed by atoms with Gasteiger partial charge in [-0.1, -0.05) is 28.1 Å². The molecule has 2 rings (SSSR count). The lowest BCUT2D eigenvalue weighted by atomic mass is 10.1. The molecule has 0 saturated heterocycles. The van der Waals surface area contributed by atoms with Crippen molar-refractivity contribution >= 4 is 32.6 Å². The van der Waals surface area contributed by atoms with Crippen LogP contribution in [0.15, 0.2) is 30.3 Å². The van der Waals surface area contributed by atoms with E-state index in [1.54, 1.807) is 13.2 Å². The summed E-state index contributed by atoms with van der Waals surface area (Å²) in [4.78, 5) is 15.9. The maximum atomic E-state index is 11.6. The molecule has 0 aliphatic rings. The normalized spacial score (nSPS) is 10.4. The Morgan fingerprint density at radius 3 is 2.88 bits per heavy atom. The van der Waals surface area contributed by atoms with E-state index >= 15 is 0 Å². The van der Waals surface area contributed by atoms with Gasteiger partial charge in [-0.15, -0.1) is 0 Å². The van der Waals surface area contributed by atoms with Crippen LogP contribution in [0, 0.1) is 0 Å². The minimum atomic E-state index is -0.0518. The predicted molar refractivity (Wildman–Crippen MR) is 66.4 cm³/mol. The second-order valence-corrected chi connectivity index (χ2v) is 3.84. The highest BCUT2D eigenvalue weighted by molar-refractivity contribution is 9.09. The van der Waals surface area contributed by atoms with Gasteiger partial charge in [0.05, 0.1) is 18.0 Å². The number of benzene rings is 1. The van der Waals surface area contributed by atoms with E-state index in [0.717, 1.165) is 10.9 Å². The lowest BCUT2D eigenvalue weighted by molar-refractivity contribution is 0.101. The fraction of sp³-hybridized carbons (Fsp3) is 0.167. The van der Waals surface area contributed by atoms with E-state index in [4.69, 9.17) is 4.74 Å². The number of Topliss-reactive ketones (excluding diaryl/α,β-unsaturated/α-hetero) is 1. The third-order valence-electron chi connectivity index (χ3n) is 2.31. The van der Waals surface area contributed by atoms with Gasteiger partial charge in [-0.2, -0.15) is 0 Å². The minimum Gasteiger partial charge on any atom is -0.496 e. The first kappa shape index (κ1) is 11.1. The van der Waals surface area contributed by atoms with Crippen molar-refractivity contribution in [3.8, 4) is 5.75 Å². The van der Waals surface area contributed by atoms with Gasteiger partial charge >= 0.3 is 0 Å². The summed E-state index contributed by atoms with van der Waals surface area (Å²) in [6.07, 6.45) is 0. The van der Waals surface area contributed by atoms with Gasteiger partial charge in [0.2, 0.25) is 0 Å². The molecule has 0 unspecified atom stereocenters. The molecule has 0 bridgehead atoms. The van der Waals surface area contributed by atoms with E-state index in [-0.39, 0.29) is 11.1 Å². The molecule has 0 saturated carbocycles. The Hall–Kier alpha value is -1.42. The zero-order chi connectivity index (χ0) is 11.5. The zero-order valence-electron chi connectivity index (χ0n) is 8.74. The summed E-state index contributed by atoms with van der Waals surface area (Å²) in [5.41, 5.74) is 1.19. The Morgan fingerprint density at radius 2 is 2.19 bits per heavy atom. The average molecular weight is 280 g/mol. The van der Waals surface area contributed by atoms with Gasteiger partial charge in [-0.3, -0.25) is 4.79 Å². The van der Waals surface area contributed by atoms with Crippen molar-refractivity contribution in [2.75, 3.05) is 12.4 Å². The number of hydrogen-bond donors (Lipinski definition) is 0. The molecule has 2 aromatic rings. The average Bonchev–Trinajstić information content (AvgIpc) is 2.36. The fourth-order valence-corrected chi connectivity index (χ4v) is 1.81. The molecule has 0 amide bonds. The van der Waals surface area contributed by atoms with E-state index in [1.165, 1.54) is 0 Å². The number of halogens is 1. The number of methoxy groups -OCH3 is 1. The smallest absolute Gasteiger partial charge is 0.191 e. The minimum absolute atomic E-state index is 0.0518. The van der Waals surface area contributed by atoms with Crippen molar-refractivity contribution in [1.82, 2.24) is 4.98 Å². The molecule has 0 spiro atoms. The highest BCUT2D eigenvalue weighted by Gasteiger charge is 2.10. The van der Waals surface area contributed by atoms with Gasteiger partial charge < -0.3 is 4.74 Å². The van der Waals surface area contributed by atoms with Crippen LogP contribution in [-0.2, 0) is 0 Å². The molecule has 0 aliphatic heterocycles. The van der Waals surface area contributed by atoms with Crippen molar-refractivity contribution in [1.29, 1.82) is 0 Å². The third kappa shape index (κ3) is 1.93. The highest BCUT2D eigenvalue weighted by atomic mass is 79.9. The van der Waals surface area contributed by atoms with Crippen LogP contribution in [0.5, 0.6) is 5.75 Å². The van der Waals surface area contributed by atoms with Gasteiger partial charge in [0.15, 0.2) is 5.78 Å². The van der Waals surface area contributed by atoms with Crippen molar-refractivity contribution in [3.63, 3.8) is 0 Å². The van der Waals surface area contributed by atoms with Crippen LogP contribution in [0.25, 0.3) is 10.9 Å². The van der Waals surface area contributed by atoms with Crippen LogP contribution in [0.4, 0.5) is 0 Å². The van der Waals surface area contributed by atoms with Gasteiger partial charge in [-0.25, -0.2) is 4.98 Å². The number of nitrogens with zero attached hydrogens (tertiary/aromatic N) is 1. The molecule has 1 aromatic carbocycles. The van der Waals surface area contributed by atoms with E-state index < -0.39 is 0 Å². The van der Waals surface area contributed by atoms with Crippen molar-refractivity contribution < 1.29 is 9.53 Å². The van der Waals surface area contributed by atoms with Gasteiger partial charge in [0.1, 0.15) is 11.4 Å². The first-order chi connectivity index (χ1) is 7.76. The summed E-state index contributed by atoms with van der Waals surface area (Å²) in [6, 6.07) is 9.26. The van der Waals surface area contributed by atoms with Gasteiger partial charge in [-0.05, 0) is 12.1 Å². The Balaban J connectivity index is 2.68. The number of ketones is 1. The Morgan fingerprint density at radius 1 is 1.44 bits per heavy atom. The highest BCUT2D eigenvalue weighted by Crippen LogP contribution is 2.25. The number of hydrogen-bond acceptors (Lipinski definition) is 3. The second-order valence-electron chi connectivity index (χ2n) is 3.28. The number of carbonyl (C=O) groups excluding carboxylic acids is 1. The van der Waals surface area contributed by atoms with E-state index in [2.05, 4.69) is 20.9 Å². The van der Waals surface area contributed by atoms with Gasteiger partial charge in [0.25, 0.3) is 0 Å². The van der Waals surface area contributed by atoms with Crippen LogP contribution in [-0.4, -0.2) is 23.2 Å². The molecular weight excluding hydrogens is 270 g/mol. The summed E-state index contributed by atoms with van der Waals surface area (Å²) < 4.78 is 5.26. The number of rotatable bonds is 3. The number of aromatic nitrogens is 1. The molecular formula is C12H10BrNO2. The molecule has 16 heavy (non-hydrogen) atoms. The maximum absolute atomic E-state index is 11.6. The van der Waals surface area contributed by atoms with Crippen LogP contribution in [0.3, 0.4) is 0 Å². The van der Waals surface area contributed by atoms with Crippen molar-refractivity contribution in [2.45, 2.75) is 0 Å². The molecule has 0 radical (unpaired) electrons. The molecule has 0 N–H and O–H groups in total. The Kier molecular flexibility index (Phi) is 3.19. The van der Waals surface area contributed by atoms with Crippen LogP contribution in [0.2, 0.25) is 0 Å². The monoisotopic (exact) mass is 279 g/mol. The maximum Gasteiger partial charge on any atom is 0.191 e. The number of carbonyl (C=O) groups is 1. The number of fused-ring (bicyclic) bond motifs is 1. The SMILES string of the molecule is COc1cc(C(=O)CBr)nc2ccccc12. The first-order valence-electron chi connectivity index (χ1n) is 4.79.